The van der Waals surface area contributed by atoms with E-state index in [1.165, 1.54) is 14.2 Å². The molecule has 1 aliphatic rings. The van der Waals surface area contributed by atoms with E-state index in [0.717, 1.165) is 9.80 Å². The Kier molecular flexibility index (Phi) is 6.38. The Morgan fingerprint density at radius 2 is 2.10 bits per heavy atom. The van der Waals surface area contributed by atoms with Crippen molar-refractivity contribution in [3.05, 3.63) is 0 Å². The first-order valence-electron chi connectivity index (χ1n) is 6.55. The Hall–Kier alpha value is -1.87. The molecule has 1 heterocycles. The van der Waals surface area contributed by atoms with Crippen molar-refractivity contribution < 1.29 is 29.3 Å². The van der Waals surface area contributed by atoms with E-state index < -0.39 is 24.1 Å². The van der Waals surface area contributed by atoms with Gasteiger partial charge in [-0.2, -0.15) is 0 Å². The predicted molar refractivity (Wildman–Crippen MR) is 71.7 cm³/mol. The second-order valence-corrected chi connectivity index (χ2v) is 4.88. The molecule has 1 fully saturated rings. The van der Waals surface area contributed by atoms with Gasteiger partial charge in [-0.3, -0.25) is 4.79 Å². The van der Waals surface area contributed by atoms with E-state index >= 15 is 0 Å². The van der Waals surface area contributed by atoms with Gasteiger partial charge >= 0.3 is 12.0 Å². The first kappa shape index (κ1) is 17.2. The summed E-state index contributed by atoms with van der Waals surface area (Å²) in [7, 11) is 2.91. The molecule has 0 aromatic carbocycles. The Balaban J connectivity index is 2.53. The highest BCUT2D eigenvalue weighted by Crippen LogP contribution is 2.19. The minimum Gasteiger partial charge on any atom is -0.480 e. The number of likely N-dealkylation sites (N-methyl/N-ethyl adjacent to an activating group) is 1. The molecule has 2 atom stereocenters. The van der Waals surface area contributed by atoms with Crippen LogP contribution in [0.1, 0.15) is 6.42 Å². The molecule has 3 amide bonds. The number of aliphatic hydroxyl groups excluding tert-OH is 1. The maximum Gasteiger partial charge on any atom is 0.326 e. The lowest BCUT2D eigenvalue weighted by Gasteiger charge is -2.27. The van der Waals surface area contributed by atoms with E-state index in [4.69, 9.17) is 9.84 Å². The summed E-state index contributed by atoms with van der Waals surface area (Å²) in [6.45, 7) is 0.452. The molecule has 0 aromatic heterocycles. The molecule has 0 aromatic rings. The van der Waals surface area contributed by atoms with Crippen LogP contribution in [0.5, 0.6) is 0 Å². The molecule has 0 radical (unpaired) electrons. The number of aliphatic carboxylic acids is 1. The summed E-state index contributed by atoms with van der Waals surface area (Å²) in [5.74, 6) is -1.53. The molecule has 1 rings (SSSR count). The minimum atomic E-state index is -1.17. The van der Waals surface area contributed by atoms with Crippen molar-refractivity contribution in [2.75, 3.05) is 40.4 Å². The largest absolute Gasteiger partial charge is 0.480 e. The highest BCUT2D eigenvalue weighted by Gasteiger charge is 2.40. The molecule has 0 unspecified atom stereocenters. The average molecular weight is 303 g/mol. The van der Waals surface area contributed by atoms with Gasteiger partial charge in [0.25, 0.3) is 0 Å². The topological polar surface area (TPSA) is 119 Å². The maximum absolute atomic E-state index is 12.1. The first-order chi connectivity index (χ1) is 9.86. The number of hydrogen-bond donors (Lipinski definition) is 3. The predicted octanol–water partition coefficient (Wildman–Crippen LogP) is -1.68. The number of urea groups is 1. The van der Waals surface area contributed by atoms with Crippen LogP contribution >= 0.6 is 0 Å². The molecular weight excluding hydrogens is 282 g/mol. The molecule has 9 heteroatoms. The van der Waals surface area contributed by atoms with Gasteiger partial charge in [0.05, 0.1) is 12.7 Å². The zero-order valence-corrected chi connectivity index (χ0v) is 12.1. The molecule has 0 aliphatic carbocycles. The maximum atomic E-state index is 12.1. The van der Waals surface area contributed by atoms with Crippen molar-refractivity contribution in [3.63, 3.8) is 0 Å². The number of nitrogens with zero attached hydrogens (tertiary/aromatic N) is 2. The Bertz CT molecular complexity index is 402. The van der Waals surface area contributed by atoms with Gasteiger partial charge in [-0.05, 0) is 0 Å². The number of carboxylic acids is 1. The third-order valence-electron chi connectivity index (χ3n) is 3.15. The minimum absolute atomic E-state index is 0.00501. The lowest BCUT2D eigenvalue weighted by molar-refractivity contribution is -0.141. The van der Waals surface area contributed by atoms with E-state index in [2.05, 4.69) is 5.32 Å². The number of carboxylic acid groups (broad SMARTS) is 1. The van der Waals surface area contributed by atoms with Crippen molar-refractivity contribution >= 4 is 17.9 Å². The second-order valence-electron chi connectivity index (χ2n) is 4.88. The van der Waals surface area contributed by atoms with Gasteiger partial charge < -0.3 is 30.1 Å². The molecular formula is C12H21N3O6. The van der Waals surface area contributed by atoms with E-state index in [9.17, 15) is 19.5 Å². The number of carbonyl (C=O) groups excluding carboxylic acids is 2. The van der Waals surface area contributed by atoms with Crippen LogP contribution in [0.15, 0.2) is 0 Å². The number of β-amino-alcohol motifs (C(OH)–C–C–N with tert-alkyl or cyclic N) is 1. The number of ether oxygens (including phenoxy) is 1. The molecule has 1 aliphatic heterocycles. The zero-order chi connectivity index (χ0) is 16.0. The van der Waals surface area contributed by atoms with Crippen LogP contribution in [0.3, 0.4) is 0 Å². The van der Waals surface area contributed by atoms with Gasteiger partial charge in [0.15, 0.2) is 0 Å². The third-order valence-corrected chi connectivity index (χ3v) is 3.15. The molecule has 21 heavy (non-hydrogen) atoms. The summed E-state index contributed by atoms with van der Waals surface area (Å²) in [6.07, 6.45) is -0.867. The fraction of sp³-hybridized carbons (Fsp3) is 0.750. The number of nitrogens with one attached hydrogen (secondary N) is 1. The summed E-state index contributed by atoms with van der Waals surface area (Å²) in [6, 6.07) is -1.66. The van der Waals surface area contributed by atoms with E-state index in [1.807, 2.05) is 0 Å². The molecule has 120 valence electrons. The van der Waals surface area contributed by atoms with Crippen molar-refractivity contribution in [3.8, 4) is 0 Å². The molecule has 0 bridgehead atoms. The summed E-state index contributed by atoms with van der Waals surface area (Å²) >= 11 is 0. The van der Waals surface area contributed by atoms with Gasteiger partial charge in [0.1, 0.15) is 12.6 Å². The van der Waals surface area contributed by atoms with Crippen LogP contribution in [-0.4, -0.2) is 90.5 Å². The van der Waals surface area contributed by atoms with Crippen LogP contribution in [0, 0.1) is 0 Å². The summed E-state index contributed by atoms with van der Waals surface area (Å²) in [4.78, 5) is 37.0. The monoisotopic (exact) mass is 303 g/mol. The van der Waals surface area contributed by atoms with Crippen LogP contribution in [0.2, 0.25) is 0 Å². The Morgan fingerprint density at radius 1 is 1.43 bits per heavy atom. The molecule has 0 saturated carbocycles. The van der Waals surface area contributed by atoms with Gasteiger partial charge in [-0.25, -0.2) is 9.59 Å². The van der Waals surface area contributed by atoms with Crippen molar-refractivity contribution in [1.82, 2.24) is 15.1 Å². The number of amides is 3. The number of rotatable bonds is 6. The summed E-state index contributed by atoms with van der Waals surface area (Å²) in [5.41, 5.74) is 0. The van der Waals surface area contributed by atoms with Crippen LogP contribution in [0.4, 0.5) is 4.79 Å². The third kappa shape index (κ3) is 4.87. The van der Waals surface area contributed by atoms with Crippen LogP contribution in [0.25, 0.3) is 0 Å². The van der Waals surface area contributed by atoms with E-state index in [0.29, 0.717) is 13.2 Å². The highest BCUT2D eigenvalue weighted by molar-refractivity contribution is 5.87. The number of carbonyl (C=O) groups is 3. The molecule has 9 nitrogen and oxygen atoms in total. The first-order valence-corrected chi connectivity index (χ1v) is 6.55. The Labute approximate surface area is 122 Å². The van der Waals surface area contributed by atoms with E-state index in [-0.39, 0.29) is 25.4 Å². The standard InChI is InChI=1S/C12H21N3O6/c1-14(7-10(17)13-3-4-21-2)12(20)15-6-8(16)5-9(15)11(18)19/h8-9,16H,3-7H2,1-2H3,(H,13,17)(H,18,19)/t8-,9-/m1/s1. The number of aliphatic hydroxyl groups is 1. The lowest BCUT2D eigenvalue weighted by atomic mass is 10.2. The van der Waals surface area contributed by atoms with Crippen LogP contribution < -0.4 is 5.32 Å². The zero-order valence-electron chi connectivity index (χ0n) is 12.1. The highest BCUT2D eigenvalue weighted by atomic mass is 16.5. The van der Waals surface area contributed by atoms with Crippen LogP contribution in [-0.2, 0) is 14.3 Å². The summed E-state index contributed by atoms with van der Waals surface area (Å²) in [5, 5.41) is 21.1. The molecule has 1 saturated heterocycles. The van der Waals surface area contributed by atoms with Crippen molar-refractivity contribution in [1.29, 1.82) is 0 Å². The molecule has 0 spiro atoms. The van der Waals surface area contributed by atoms with Gasteiger partial charge in [0.2, 0.25) is 5.91 Å². The van der Waals surface area contributed by atoms with Gasteiger partial charge in [-0.15, -0.1) is 0 Å². The quantitative estimate of drug-likeness (QED) is 0.504. The average Bonchev–Trinajstić information content (AvgIpc) is 2.80. The normalized spacial score (nSPS) is 21.2. The molecule has 3 N–H and O–H groups in total. The SMILES string of the molecule is COCCNC(=O)CN(C)C(=O)N1C[C@H](O)C[C@@H]1C(=O)O. The lowest BCUT2D eigenvalue weighted by Crippen LogP contribution is -2.49. The van der Waals surface area contributed by atoms with Gasteiger partial charge in [-0.1, -0.05) is 0 Å². The fourth-order valence-electron chi connectivity index (χ4n) is 2.11. The van der Waals surface area contributed by atoms with Crippen molar-refractivity contribution in [2.24, 2.45) is 0 Å². The summed E-state index contributed by atoms with van der Waals surface area (Å²) < 4.78 is 4.78. The number of methoxy groups -OCH3 is 1. The van der Waals surface area contributed by atoms with E-state index in [1.54, 1.807) is 0 Å². The van der Waals surface area contributed by atoms with Gasteiger partial charge in [0, 0.05) is 33.7 Å². The number of hydrogen-bond acceptors (Lipinski definition) is 5. The number of likely N-dealkylation sites (tertiary alicyclic amines) is 1. The van der Waals surface area contributed by atoms with Crippen molar-refractivity contribution in [2.45, 2.75) is 18.6 Å². The Morgan fingerprint density at radius 3 is 2.67 bits per heavy atom. The smallest absolute Gasteiger partial charge is 0.326 e. The fourth-order valence-corrected chi connectivity index (χ4v) is 2.11. The second kappa shape index (κ2) is 7.79.